The minimum atomic E-state index is 0.685. The van der Waals surface area contributed by atoms with Gasteiger partial charge in [0, 0.05) is 11.6 Å². The SMILES string of the molecule is CC(C)=C(Cl)/C=C\C(OCCN(C)C)=C(C)C. The van der Waals surface area contributed by atoms with Crippen molar-refractivity contribution >= 4 is 11.6 Å². The molecule has 0 atom stereocenters. The molecule has 0 aliphatic carbocycles. The number of ether oxygens (including phenoxy) is 1. The summed E-state index contributed by atoms with van der Waals surface area (Å²) in [5, 5.41) is 0.764. The molecule has 0 spiro atoms. The zero-order valence-corrected chi connectivity index (χ0v) is 12.6. The minimum Gasteiger partial charge on any atom is -0.492 e. The topological polar surface area (TPSA) is 12.5 Å². The van der Waals surface area contributed by atoms with Crippen molar-refractivity contribution in [3.63, 3.8) is 0 Å². The van der Waals surface area contributed by atoms with E-state index in [9.17, 15) is 0 Å². The molecule has 98 valence electrons. The van der Waals surface area contributed by atoms with Crippen molar-refractivity contribution in [3.8, 4) is 0 Å². The first-order chi connectivity index (χ1) is 7.84. The standard InChI is InChI=1S/C14H24ClNO/c1-11(2)13(15)7-8-14(12(3)4)17-10-9-16(5)6/h7-8H,9-10H2,1-6H3/b8-7-. The first-order valence-corrected chi connectivity index (χ1v) is 6.18. The lowest BCUT2D eigenvalue weighted by atomic mass is 10.2. The highest BCUT2D eigenvalue weighted by Gasteiger charge is 1.98. The van der Waals surface area contributed by atoms with E-state index in [-0.39, 0.29) is 0 Å². The molecule has 0 radical (unpaired) electrons. The number of likely N-dealkylation sites (N-methyl/N-ethyl adjacent to an activating group) is 1. The molecule has 0 rings (SSSR count). The summed E-state index contributed by atoms with van der Waals surface area (Å²) in [7, 11) is 4.06. The van der Waals surface area contributed by atoms with E-state index in [4.69, 9.17) is 16.3 Å². The summed E-state index contributed by atoms with van der Waals surface area (Å²) in [4.78, 5) is 2.09. The Labute approximate surface area is 111 Å². The maximum absolute atomic E-state index is 6.06. The van der Waals surface area contributed by atoms with Crippen LogP contribution in [0.5, 0.6) is 0 Å². The third kappa shape index (κ3) is 8.06. The molecule has 0 aromatic carbocycles. The van der Waals surface area contributed by atoms with Crippen molar-refractivity contribution in [2.75, 3.05) is 27.2 Å². The Morgan fingerprint density at radius 3 is 2.06 bits per heavy atom. The van der Waals surface area contributed by atoms with Crippen LogP contribution in [0.4, 0.5) is 0 Å². The van der Waals surface area contributed by atoms with E-state index >= 15 is 0 Å². The lowest BCUT2D eigenvalue weighted by molar-refractivity contribution is 0.190. The molecule has 0 amide bonds. The number of rotatable bonds is 6. The summed E-state index contributed by atoms with van der Waals surface area (Å²) in [5.41, 5.74) is 2.25. The van der Waals surface area contributed by atoms with Gasteiger partial charge in [0.15, 0.2) is 0 Å². The van der Waals surface area contributed by atoms with Gasteiger partial charge in [0.05, 0.1) is 0 Å². The van der Waals surface area contributed by atoms with Crippen LogP contribution in [0.1, 0.15) is 27.7 Å². The molecule has 0 aromatic rings. The van der Waals surface area contributed by atoms with E-state index in [0.717, 1.165) is 28.5 Å². The predicted octanol–water partition coefficient (Wildman–Crippen LogP) is 3.95. The number of allylic oxidation sites excluding steroid dienone is 5. The summed E-state index contributed by atoms with van der Waals surface area (Å²) >= 11 is 6.06. The van der Waals surface area contributed by atoms with Crippen molar-refractivity contribution in [1.82, 2.24) is 4.90 Å². The van der Waals surface area contributed by atoms with E-state index < -0.39 is 0 Å². The van der Waals surface area contributed by atoms with Crippen LogP contribution in [0.25, 0.3) is 0 Å². The lowest BCUT2D eigenvalue weighted by Crippen LogP contribution is -2.17. The molecule has 0 saturated heterocycles. The van der Waals surface area contributed by atoms with E-state index in [1.807, 2.05) is 53.9 Å². The van der Waals surface area contributed by atoms with Crippen LogP contribution in [0.15, 0.2) is 34.1 Å². The van der Waals surface area contributed by atoms with Gasteiger partial charge < -0.3 is 9.64 Å². The number of hydrogen-bond donors (Lipinski definition) is 0. The highest BCUT2D eigenvalue weighted by Crippen LogP contribution is 2.14. The van der Waals surface area contributed by atoms with Gasteiger partial charge in [0.25, 0.3) is 0 Å². The van der Waals surface area contributed by atoms with E-state index in [2.05, 4.69) is 4.90 Å². The smallest absolute Gasteiger partial charge is 0.118 e. The second-order valence-corrected chi connectivity index (χ2v) is 5.10. The maximum Gasteiger partial charge on any atom is 0.118 e. The lowest BCUT2D eigenvalue weighted by Gasteiger charge is -2.12. The van der Waals surface area contributed by atoms with E-state index in [1.54, 1.807) is 0 Å². The fourth-order valence-electron chi connectivity index (χ4n) is 1.01. The van der Waals surface area contributed by atoms with Crippen molar-refractivity contribution < 1.29 is 4.74 Å². The Bertz CT molecular complexity index is 319. The summed E-state index contributed by atoms with van der Waals surface area (Å²) in [6, 6.07) is 0. The van der Waals surface area contributed by atoms with Crippen molar-refractivity contribution in [1.29, 1.82) is 0 Å². The zero-order chi connectivity index (χ0) is 13.4. The Kier molecular flexibility index (Phi) is 8.01. The summed E-state index contributed by atoms with van der Waals surface area (Å²) in [6.45, 7) is 9.63. The first-order valence-electron chi connectivity index (χ1n) is 5.80. The third-order valence-corrected chi connectivity index (χ3v) is 2.65. The Balaban J connectivity index is 4.49. The van der Waals surface area contributed by atoms with Gasteiger partial charge >= 0.3 is 0 Å². The molecule has 0 fully saturated rings. The van der Waals surface area contributed by atoms with Crippen LogP contribution in [0.2, 0.25) is 0 Å². The molecule has 0 aromatic heterocycles. The van der Waals surface area contributed by atoms with Gasteiger partial charge in [-0.25, -0.2) is 0 Å². The Morgan fingerprint density at radius 2 is 1.65 bits per heavy atom. The van der Waals surface area contributed by atoms with Gasteiger partial charge in [-0.2, -0.15) is 0 Å². The van der Waals surface area contributed by atoms with Gasteiger partial charge in [0.2, 0.25) is 0 Å². The largest absolute Gasteiger partial charge is 0.492 e. The van der Waals surface area contributed by atoms with Crippen LogP contribution >= 0.6 is 11.6 Å². The van der Waals surface area contributed by atoms with E-state index in [1.165, 1.54) is 0 Å². The van der Waals surface area contributed by atoms with Crippen LogP contribution in [-0.2, 0) is 4.74 Å². The second-order valence-electron chi connectivity index (χ2n) is 4.70. The highest BCUT2D eigenvalue weighted by molar-refractivity contribution is 6.31. The normalized spacial score (nSPS) is 10.8. The van der Waals surface area contributed by atoms with Crippen LogP contribution < -0.4 is 0 Å². The van der Waals surface area contributed by atoms with E-state index in [0.29, 0.717) is 6.61 Å². The minimum absolute atomic E-state index is 0.685. The predicted molar refractivity (Wildman–Crippen MR) is 76.2 cm³/mol. The van der Waals surface area contributed by atoms with Gasteiger partial charge in [-0.15, -0.1) is 0 Å². The molecule has 0 aliphatic heterocycles. The Morgan fingerprint density at radius 1 is 1.06 bits per heavy atom. The van der Waals surface area contributed by atoms with Crippen LogP contribution in [0.3, 0.4) is 0 Å². The Hall–Kier alpha value is -0.730. The summed E-state index contributed by atoms with van der Waals surface area (Å²) in [5.74, 6) is 0.895. The second kappa shape index (κ2) is 8.37. The van der Waals surface area contributed by atoms with Crippen LogP contribution in [-0.4, -0.2) is 32.1 Å². The fraction of sp³-hybridized carbons (Fsp3) is 0.571. The maximum atomic E-state index is 6.06. The highest BCUT2D eigenvalue weighted by atomic mass is 35.5. The molecular weight excluding hydrogens is 234 g/mol. The summed E-state index contributed by atoms with van der Waals surface area (Å²) in [6.07, 6.45) is 3.81. The first kappa shape index (κ1) is 16.3. The number of nitrogens with zero attached hydrogens (tertiary/aromatic N) is 1. The molecule has 0 aliphatic rings. The van der Waals surface area contributed by atoms with Gasteiger partial charge in [-0.3, -0.25) is 0 Å². The average Bonchev–Trinajstić information content (AvgIpc) is 2.21. The average molecular weight is 258 g/mol. The molecular formula is C14H24ClNO. The van der Waals surface area contributed by atoms with Crippen molar-refractivity contribution in [2.24, 2.45) is 0 Å². The molecule has 2 nitrogen and oxygen atoms in total. The molecule has 0 unspecified atom stereocenters. The number of halogens is 1. The van der Waals surface area contributed by atoms with Crippen molar-refractivity contribution in [3.05, 3.63) is 34.1 Å². The van der Waals surface area contributed by atoms with Gasteiger partial charge in [-0.1, -0.05) is 17.2 Å². The molecule has 0 N–H and O–H groups in total. The third-order valence-electron chi connectivity index (χ3n) is 2.15. The monoisotopic (exact) mass is 257 g/mol. The van der Waals surface area contributed by atoms with Crippen molar-refractivity contribution in [2.45, 2.75) is 27.7 Å². The molecule has 0 saturated carbocycles. The number of hydrogen-bond acceptors (Lipinski definition) is 2. The van der Waals surface area contributed by atoms with Gasteiger partial charge in [0.1, 0.15) is 12.4 Å². The molecule has 0 heterocycles. The fourth-order valence-corrected chi connectivity index (χ4v) is 1.08. The molecule has 17 heavy (non-hydrogen) atoms. The molecule has 3 heteroatoms. The molecule has 0 bridgehead atoms. The van der Waals surface area contributed by atoms with Crippen LogP contribution in [0, 0.1) is 0 Å². The summed E-state index contributed by atoms with van der Waals surface area (Å²) < 4.78 is 5.71. The van der Waals surface area contributed by atoms with Gasteiger partial charge in [-0.05, 0) is 59.5 Å². The zero-order valence-electron chi connectivity index (χ0n) is 11.8. The quantitative estimate of drug-likeness (QED) is 0.528.